The third kappa shape index (κ3) is 5.37. The molecule has 0 bridgehead atoms. The Morgan fingerprint density at radius 3 is 2.62 bits per heavy atom. The number of nitrogens with one attached hydrogen (secondary N) is 2. The fraction of sp³-hybridized carbons (Fsp3) is 0.286. The van der Waals surface area contributed by atoms with Crippen molar-refractivity contribution in [2.75, 3.05) is 11.9 Å². The van der Waals surface area contributed by atoms with E-state index in [-0.39, 0.29) is 35.1 Å². The maximum absolute atomic E-state index is 12.7. The molecule has 0 atom stereocenters. The highest BCUT2D eigenvalue weighted by Gasteiger charge is 2.19. The summed E-state index contributed by atoms with van der Waals surface area (Å²) >= 11 is 1.11. The predicted octanol–water partition coefficient (Wildman–Crippen LogP) is 2.30. The number of aryl methyl sites for hydroxylation is 1. The van der Waals surface area contributed by atoms with Crippen LogP contribution < -0.4 is 16.8 Å². The van der Waals surface area contributed by atoms with Crippen molar-refractivity contribution in [1.82, 2.24) is 9.97 Å². The van der Waals surface area contributed by atoms with E-state index in [0.717, 1.165) is 11.3 Å². The number of Topliss-reactive ketones (excluding diaryl/α,β-unsaturated/α-hetero) is 1. The van der Waals surface area contributed by atoms with Gasteiger partial charge in [0.05, 0.1) is 0 Å². The minimum atomic E-state index is -1.07. The molecule has 0 spiro atoms. The SMILES string of the molecule is NCCCc1c(C(=O)O)[nH]c2ccc(C(=O)Nc3nc(C(=O)CCCC(N)=O)cs3)cc12. The Labute approximate surface area is 187 Å². The van der Waals surface area contributed by atoms with Crippen molar-refractivity contribution in [1.29, 1.82) is 0 Å². The summed E-state index contributed by atoms with van der Waals surface area (Å²) < 4.78 is 0. The Morgan fingerprint density at radius 1 is 1.16 bits per heavy atom. The zero-order chi connectivity index (χ0) is 23.3. The second-order valence-corrected chi connectivity index (χ2v) is 8.03. The monoisotopic (exact) mass is 457 g/mol. The number of thiazole rings is 1. The van der Waals surface area contributed by atoms with E-state index >= 15 is 0 Å². The van der Waals surface area contributed by atoms with Crippen molar-refractivity contribution in [2.45, 2.75) is 32.1 Å². The van der Waals surface area contributed by atoms with Gasteiger partial charge in [0.25, 0.3) is 5.91 Å². The largest absolute Gasteiger partial charge is 0.477 e. The van der Waals surface area contributed by atoms with Crippen LogP contribution in [0.5, 0.6) is 0 Å². The molecule has 0 fully saturated rings. The molecule has 0 unspecified atom stereocenters. The maximum Gasteiger partial charge on any atom is 0.352 e. The van der Waals surface area contributed by atoms with Gasteiger partial charge in [0.1, 0.15) is 11.4 Å². The molecule has 3 rings (SSSR count). The lowest BCUT2D eigenvalue weighted by atomic mass is 10.0. The zero-order valence-corrected chi connectivity index (χ0v) is 18.0. The Balaban J connectivity index is 1.76. The third-order valence-electron chi connectivity index (χ3n) is 4.85. The van der Waals surface area contributed by atoms with Crippen molar-refractivity contribution in [3.05, 3.63) is 46.1 Å². The molecule has 0 saturated heterocycles. The molecular weight excluding hydrogens is 434 g/mol. The number of ketones is 1. The summed E-state index contributed by atoms with van der Waals surface area (Å²) in [4.78, 5) is 54.2. The van der Waals surface area contributed by atoms with Gasteiger partial charge >= 0.3 is 5.97 Å². The van der Waals surface area contributed by atoms with Gasteiger partial charge in [-0.05, 0) is 49.6 Å². The number of rotatable bonds is 11. The van der Waals surface area contributed by atoms with E-state index in [1.165, 1.54) is 0 Å². The number of carbonyl (C=O) groups excluding carboxylic acids is 3. The average molecular weight is 458 g/mol. The number of aromatic amines is 1. The first-order valence-electron chi connectivity index (χ1n) is 9.96. The maximum atomic E-state index is 12.7. The highest BCUT2D eigenvalue weighted by molar-refractivity contribution is 7.14. The molecule has 0 aliphatic rings. The summed E-state index contributed by atoms with van der Waals surface area (Å²) in [6.07, 6.45) is 1.69. The van der Waals surface area contributed by atoms with Crippen LogP contribution in [0.4, 0.5) is 5.13 Å². The summed E-state index contributed by atoms with van der Waals surface area (Å²) in [5.74, 6) is -2.21. The first-order valence-corrected chi connectivity index (χ1v) is 10.8. The molecule has 0 radical (unpaired) electrons. The zero-order valence-electron chi connectivity index (χ0n) is 17.1. The molecule has 10 nitrogen and oxygen atoms in total. The lowest BCUT2D eigenvalue weighted by Crippen LogP contribution is -2.12. The normalized spacial score (nSPS) is 10.9. The number of carboxylic acids is 1. The lowest BCUT2D eigenvalue weighted by molar-refractivity contribution is -0.118. The fourth-order valence-electron chi connectivity index (χ4n) is 3.29. The van der Waals surface area contributed by atoms with Crippen LogP contribution in [0.3, 0.4) is 0 Å². The molecule has 32 heavy (non-hydrogen) atoms. The van der Waals surface area contributed by atoms with Gasteiger partial charge in [-0.15, -0.1) is 11.3 Å². The first kappa shape index (κ1) is 23.1. The summed E-state index contributed by atoms with van der Waals surface area (Å²) in [6.45, 7) is 0.416. The first-order chi connectivity index (χ1) is 15.3. The van der Waals surface area contributed by atoms with E-state index in [1.807, 2.05) is 0 Å². The summed E-state index contributed by atoms with van der Waals surface area (Å²) in [7, 11) is 0. The number of nitrogens with zero attached hydrogens (tertiary/aromatic N) is 1. The average Bonchev–Trinajstić information content (AvgIpc) is 3.36. The quantitative estimate of drug-likeness (QED) is 0.274. The number of aromatic carboxylic acids is 1. The molecule has 7 N–H and O–H groups in total. The van der Waals surface area contributed by atoms with Crippen molar-refractivity contribution in [3.63, 3.8) is 0 Å². The van der Waals surface area contributed by atoms with Crippen LogP contribution in [-0.4, -0.2) is 45.2 Å². The standard InChI is InChI=1S/C21H23N5O5S/c22-8-2-3-12-13-9-11(6-7-14(13)24-18(12)20(30)31)19(29)26-21-25-15(10-32-21)16(27)4-1-5-17(23)28/h6-7,9-10,24H,1-5,8,22H2,(H2,23,28)(H,30,31)(H,25,26,29). The van der Waals surface area contributed by atoms with Gasteiger partial charge in [-0.2, -0.15) is 0 Å². The number of amides is 2. The van der Waals surface area contributed by atoms with E-state index in [2.05, 4.69) is 15.3 Å². The minimum absolute atomic E-state index is 0.0884. The smallest absolute Gasteiger partial charge is 0.352 e. The Morgan fingerprint density at radius 2 is 1.94 bits per heavy atom. The molecule has 2 amide bonds. The van der Waals surface area contributed by atoms with Crippen LogP contribution in [-0.2, 0) is 11.2 Å². The highest BCUT2D eigenvalue weighted by Crippen LogP contribution is 2.26. The van der Waals surface area contributed by atoms with Crippen molar-refractivity contribution < 1.29 is 24.3 Å². The Bertz CT molecular complexity index is 1180. The number of aromatic nitrogens is 2. The van der Waals surface area contributed by atoms with Gasteiger partial charge in [0.15, 0.2) is 10.9 Å². The molecule has 0 aliphatic heterocycles. The Kier molecular flexibility index (Phi) is 7.33. The van der Waals surface area contributed by atoms with Crippen LogP contribution in [0.1, 0.15) is 62.6 Å². The minimum Gasteiger partial charge on any atom is -0.477 e. The summed E-state index contributed by atoms with van der Waals surface area (Å²) in [5.41, 5.74) is 12.5. The third-order valence-corrected chi connectivity index (χ3v) is 5.61. The molecular formula is C21H23N5O5S. The van der Waals surface area contributed by atoms with Gasteiger partial charge < -0.3 is 21.6 Å². The molecule has 168 valence electrons. The number of carbonyl (C=O) groups is 4. The molecule has 11 heteroatoms. The van der Waals surface area contributed by atoms with E-state index < -0.39 is 17.8 Å². The van der Waals surface area contributed by atoms with E-state index in [1.54, 1.807) is 23.6 Å². The van der Waals surface area contributed by atoms with Crippen molar-refractivity contribution in [3.8, 4) is 0 Å². The highest BCUT2D eigenvalue weighted by atomic mass is 32.1. The molecule has 1 aromatic carbocycles. The van der Waals surface area contributed by atoms with Gasteiger partial charge in [0.2, 0.25) is 5.91 Å². The molecule has 0 saturated carbocycles. The molecule has 2 aromatic heterocycles. The number of primary amides is 1. The van der Waals surface area contributed by atoms with Gasteiger partial charge in [-0.1, -0.05) is 0 Å². The number of H-pyrrole nitrogens is 1. The molecule has 3 aromatic rings. The number of fused-ring (bicyclic) bond motifs is 1. The van der Waals surface area contributed by atoms with Crippen LogP contribution in [0, 0.1) is 0 Å². The number of benzene rings is 1. The van der Waals surface area contributed by atoms with E-state index in [4.69, 9.17) is 11.5 Å². The number of carboxylic acid groups (broad SMARTS) is 1. The van der Waals surface area contributed by atoms with Crippen LogP contribution in [0.25, 0.3) is 10.9 Å². The number of hydrogen-bond donors (Lipinski definition) is 5. The number of hydrogen-bond acceptors (Lipinski definition) is 7. The summed E-state index contributed by atoms with van der Waals surface area (Å²) in [6, 6.07) is 4.86. The van der Waals surface area contributed by atoms with Crippen LogP contribution in [0.15, 0.2) is 23.6 Å². The fourth-order valence-corrected chi connectivity index (χ4v) is 4.00. The number of anilines is 1. The van der Waals surface area contributed by atoms with Crippen molar-refractivity contribution in [2.24, 2.45) is 11.5 Å². The van der Waals surface area contributed by atoms with Crippen molar-refractivity contribution >= 4 is 50.9 Å². The van der Waals surface area contributed by atoms with Crippen LogP contribution >= 0.6 is 11.3 Å². The van der Waals surface area contributed by atoms with Gasteiger partial charge in [-0.25, -0.2) is 9.78 Å². The second kappa shape index (κ2) is 10.2. The molecule has 2 heterocycles. The summed E-state index contributed by atoms with van der Waals surface area (Å²) in [5, 5.41) is 14.6. The predicted molar refractivity (Wildman–Crippen MR) is 120 cm³/mol. The topological polar surface area (TPSA) is 181 Å². The Hall–Kier alpha value is -3.57. The van der Waals surface area contributed by atoms with E-state index in [0.29, 0.717) is 47.8 Å². The van der Waals surface area contributed by atoms with Gasteiger partial charge in [-0.3, -0.25) is 19.7 Å². The second-order valence-electron chi connectivity index (χ2n) is 7.17. The number of nitrogens with two attached hydrogens (primary N) is 2. The van der Waals surface area contributed by atoms with Crippen LogP contribution in [0.2, 0.25) is 0 Å². The lowest BCUT2D eigenvalue weighted by Gasteiger charge is -2.04. The van der Waals surface area contributed by atoms with Gasteiger partial charge in [0, 0.05) is 34.7 Å². The van der Waals surface area contributed by atoms with E-state index in [9.17, 15) is 24.3 Å². The molecule has 0 aliphatic carbocycles.